The number of carbonyl (C=O) groups is 4. The highest BCUT2D eigenvalue weighted by molar-refractivity contribution is 5.94. The fourth-order valence-electron chi connectivity index (χ4n) is 7.36. The predicted octanol–water partition coefficient (Wildman–Crippen LogP) is 3.84. The van der Waals surface area contributed by atoms with Crippen molar-refractivity contribution < 1.29 is 38.1 Å². The van der Waals surface area contributed by atoms with Crippen LogP contribution in [0, 0.1) is 11.8 Å². The van der Waals surface area contributed by atoms with Crippen LogP contribution in [0.25, 0.3) is 0 Å². The predicted molar refractivity (Wildman–Crippen MR) is 208 cm³/mol. The molecule has 3 aliphatic rings. The van der Waals surface area contributed by atoms with Gasteiger partial charge in [0, 0.05) is 64.6 Å². The lowest BCUT2D eigenvalue weighted by Gasteiger charge is -2.39. The van der Waals surface area contributed by atoms with Crippen LogP contribution in [0.3, 0.4) is 0 Å². The number of amides is 4. The zero-order valence-corrected chi connectivity index (χ0v) is 31.9. The average Bonchev–Trinajstić information content (AvgIpc) is 3.24. The summed E-state index contributed by atoms with van der Waals surface area (Å²) in [5.41, 5.74) is 15.0. The van der Waals surface area contributed by atoms with E-state index in [0.29, 0.717) is 82.9 Å². The molecule has 0 radical (unpaired) electrons. The number of ether oxygens (including phenoxy) is 4. The minimum Gasteiger partial charge on any atom is -0.447 e. The summed E-state index contributed by atoms with van der Waals surface area (Å²) in [6.07, 6.45) is 0.965. The van der Waals surface area contributed by atoms with Crippen LogP contribution in [0.2, 0.25) is 0 Å². The number of pyridine rings is 1. The quantitative estimate of drug-likeness (QED) is 0.243. The summed E-state index contributed by atoms with van der Waals surface area (Å²) in [4.78, 5) is 61.7. The molecule has 3 aromatic rings. The van der Waals surface area contributed by atoms with Crippen LogP contribution in [0.5, 0.6) is 0 Å². The van der Waals surface area contributed by atoms with Gasteiger partial charge in [0.25, 0.3) is 0 Å². The monoisotopic (exact) mass is 771 g/mol. The lowest BCUT2D eigenvalue weighted by Crippen LogP contribution is -2.52. The topological polar surface area (TPSA) is 192 Å². The Kier molecular flexibility index (Phi) is 14.1. The summed E-state index contributed by atoms with van der Waals surface area (Å²) < 4.78 is 24.3. The number of nitrogens with zero attached hydrogens (tertiary/aromatic N) is 4. The first kappa shape index (κ1) is 40.4. The van der Waals surface area contributed by atoms with Gasteiger partial charge in [-0.1, -0.05) is 54.6 Å². The first-order chi connectivity index (χ1) is 27.2. The Morgan fingerprint density at radius 3 is 2.23 bits per heavy atom. The first-order valence-electron chi connectivity index (χ1n) is 19.4. The van der Waals surface area contributed by atoms with Gasteiger partial charge < -0.3 is 50.4 Å². The second-order valence-corrected chi connectivity index (χ2v) is 14.6. The van der Waals surface area contributed by atoms with Crippen LogP contribution in [-0.2, 0) is 48.2 Å². The van der Waals surface area contributed by atoms with Crippen molar-refractivity contribution >= 4 is 35.5 Å². The number of rotatable bonds is 12. The summed E-state index contributed by atoms with van der Waals surface area (Å²) in [7, 11) is 1.71. The van der Waals surface area contributed by atoms with E-state index in [0.717, 1.165) is 16.7 Å². The molecule has 3 aliphatic heterocycles. The van der Waals surface area contributed by atoms with Crippen molar-refractivity contribution in [2.45, 2.75) is 70.1 Å². The van der Waals surface area contributed by atoms with Crippen LogP contribution < -0.4 is 21.7 Å². The normalized spacial score (nSPS) is 20.6. The Balaban J connectivity index is 0.990. The number of hydrogen-bond donors (Lipinski definition) is 3. The van der Waals surface area contributed by atoms with E-state index >= 15 is 0 Å². The van der Waals surface area contributed by atoms with Gasteiger partial charge in [-0.05, 0) is 54.5 Å². The number of hydrogen-bond acceptors (Lipinski definition) is 11. The van der Waals surface area contributed by atoms with Gasteiger partial charge >= 0.3 is 12.2 Å². The Morgan fingerprint density at radius 1 is 0.857 bits per heavy atom. The highest BCUT2D eigenvalue weighted by Crippen LogP contribution is 2.27. The van der Waals surface area contributed by atoms with Crippen molar-refractivity contribution in [1.29, 1.82) is 0 Å². The molecule has 0 aliphatic carbocycles. The lowest BCUT2D eigenvalue weighted by atomic mass is 9.95. The van der Waals surface area contributed by atoms with Crippen LogP contribution in [0.15, 0.2) is 72.9 Å². The van der Waals surface area contributed by atoms with E-state index < -0.39 is 30.5 Å². The number of aromatic nitrogens is 1. The van der Waals surface area contributed by atoms with Gasteiger partial charge in [-0.3, -0.25) is 9.59 Å². The molecule has 0 saturated carbocycles. The molecule has 56 heavy (non-hydrogen) atoms. The number of nitrogens with two attached hydrogens (primary N) is 2. The molecule has 4 heterocycles. The fourth-order valence-corrected chi connectivity index (χ4v) is 7.36. The second-order valence-electron chi connectivity index (χ2n) is 14.6. The summed E-state index contributed by atoms with van der Waals surface area (Å²) in [6, 6.07) is 20.8. The third-order valence-electron chi connectivity index (χ3n) is 10.8. The zero-order chi connectivity index (χ0) is 39.4. The number of likely N-dealkylation sites (tertiary alicyclic amines) is 2. The maximum atomic E-state index is 13.5. The van der Waals surface area contributed by atoms with Gasteiger partial charge in [0.05, 0.1) is 25.1 Å². The molecule has 0 spiro atoms. The molecule has 0 bridgehead atoms. The van der Waals surface area contributed by atoms with Gasteiger partial charge in [0.1, 0.15) is 30.7 Å². The smallest absolute Gasteiger partial charge is 0.410 e. The summed E-state index contributed by atoms with van der Waals surface area (Å²) in [5, 5.41) is 3.01. The minimum absolute atomic E-state index is 0.0385. The maximum absolute atomic E-state index is 13.5. The number of piperidine rings is 2. The Labute approximate surface area is 327 Å². The van der Waals surface area contributed by atoms with Crippen molar-refractivity contribution in [2.24, 2.45) is 17.6 Å². The Morgan fingerprint density at radius 2 is 1.54 bits per heavy atom. The molecule has 3 atom stereocenters. The number of nitrogen functional groups attached to an aromatic ring is 1. The van der Waals surface area contributed by atoms with E-state index in [9.17, 15) is 19.2 Å². The van der Waals surface area contributed by atoms with Crippen molar-refractivity contribution in [3.8, 4) is 0 Å². The lowest BCUT2D eigenvalue weighted by molar-refractivity contribution is -0.178. The zero-order valence-electron chi connectivity index (χ0n) is 31.9. The fraction of sp³-hybridized carbons (Fsp3) is 0.488. The number of anilines is 2. The van der Waals surface area contributed by atoms with Crippen molar-refractivity contribution in [3.05, 3.63) is 89.6 Å². The largest absolute Gasteiger partial charge is 0.447 e. The van der Waals surface area contributed by atoms with Crippen LogP contribution >= 0.6 is 0 Å². The Bertz CT molecular complexity index is 1760. The van der Waals surface area contributed by atoms with E-state index in [1.807, 2.05) is 54.6 Å². The maximum Gasteiger partial charge on any atom is 0.410 e. The molecule has 1 aromatic heterocycles. The van der Waals surface area contributed by atoms with Crippen molar-refractivity contribution in [3.63, 3.8) is 0 Å². The number of carbonyl (C=O) groups excluding carboxylic acids is 4. The molecular formula is C41H53N7O8. The molecule has 5 N–H and O–H groups in total. The van der Waals surface area contributed by atoms with Crippen LogP contribution in [-0.4, -0.2) is 104 Å². The molecule has 15 nitrogen and oxygen atoms in total. The highest BCUT2D eigenvalue weighted by Gasteiger charge is 2.41. The molecule has 3 fully saturated rings. The third kappa shape index (κ3) is 10.7. The molecule has 15 heteroatoms. The molecule has 300 valence electrons. The average molecular weight is 772 g/mol. The van der Waals surface area contributed by atoms with E-state index in [1.54, 1.807) is 40.1 Å². The highest BCUT2D eigenvalue weighted by atomic mass is 16.6. The van der Waals surface area contributed by atoms with E-state index in [-0.39, 0.29) is 43.5 Å². The number of nitrogens with one attached hydrogen (secondary N) is 1. The SMILES string of the molecule is CN(C(=O)C1CCN(C(=O)O[C@@H]2CCO[C@H](COC(=O)N3CCC(C(=O)NCc4cccc(CN)c4)CC3)[C@H]2OCc2ccccc2)CC1)c1ccc(N)nc1. The van der Waals surface area contributed by atoms with E-state index in [4.69, 9.17) is 30.4 Å². The molecule has 2 aromatic carbocycles. The summed E-state index contributed by atoms with van der Waals surface area (Å²) in [6.45, 7) is 2.78. The van der Waals surface area contributed by atoms with Crippen LogP contribution in [0.1, 0.15) is 48.8 Å². The molecule has 6 rings (SSSR count). The molecule has 0 unspecified atom stereocenters. The van der Waals surface area contributed by atoms with Gasteiger partial charge in [0.15, 0.2) is 0 Å². The van der Waals surface area contributed by atoms with Gasteiger partial charge in [-0.2, -0.15) is 0 Å². The third-order valence-corrected chi connectivity index (χ3v) is 10.8. The summed E-state index contributed by atoms with van der Waals surface area (Å²) in [5.74, 6) is -0.161. The van der Waals surface area contributed by atoms with Gasteiger partial charge in [0.2, 0.25) is 11.8 Å². The van der Waals surface area contributed by atoms with E-state index in [2.05, 4.69) is 10.3 Å². The van der Waals surface area contributed by atoms with E-state index in [1.165, 1.54) is 0 Å². The minimum atomic E-state index is -0.707. The van der Waals surface area contributed by atoms with Gasteiger partial charge in [-0.15, -0.1) is 0 Å². The second kappa shape index (κ2) is 19.6. The standard InChI is InChI=1S/C41H53N7O8/c1-46(33-10-11-36(43)44-25-33)39(50)32-14-19-48(20-15-32)41(52)56-34-16-21-53-35(37(34)54-26-28-6-3-2-4-7-28)27-55-40(51)47-17-12-31(13-18-47)38(49)45-24-30-9-5-8-29(22-30)23-42/h2-11,22,25,31-32,34-35,37H,12-21,23-24,26-27,42H2,1H3,(H2,43,44)(H,45,49)/t34-,35-,37+/m1/s1. The summed E-state index contributed by atoms with van der Waals surface area (Å²) >= 11 is 0. The molecule has 4 amide bonds. The van der Waals surface area contributed by atoms with Gasteiger partial charge in [-0.25, -0.2) is 14.6 Å². The molecule has 3 saturated heterocycles. The van der Waals surface area contributed by atoms with Crippen molar-refractivity contribution in [1.82, 2.24) is 20.1 Å². The number of benzene rings is 2. The first-order valence-corrected chi connectivity index (χ1v) is 19.4. The van der Waals surface area contributed by atoms with Crippen molar-refractivity contribution in [2.75, 3.05) is 57.1 Å². The molecular weight excluding hydrogens is 718 g/mol. The Hall–Kier alpha value is -5.25. The van der Waals surface area contributed by atoms with Crippen LogP contribution in [0.4, 0.5) is 21.1 Å².